The van der Waals surface area contributed by atoms with Crippen LogP contribution in [0.15, 0.2) is 42.0 Å². The van der Waals surface area contributed by atoms with Crippen molar-refractivity contribution in [1.82, 2.24) is 0 Å². The fourth-order valence-corrected chi connectivity index (χ4v) is 6.73. The maximum atomic E-state index is 2.53. The lowest BCUT2D eigenvalue weighted by Gasteiger charge is -2.46. The molecule has 92 valence electrons. The first-order chi connectivity index (χ1) is 7.98. The van der Waals surface area contributed by atoms with E-state index in [1.165, 1.54) is 19.3 Å². The van der Waals surface area contributed by atoms with Crippen LogP contribution in [0.5, 0.6) is 0 Å². The van der Waals surface area contributed by atoms with Crippen LogP contribution < -0.4 is 5.19 Å². The molecule has 0 fully saturated rings. The maximum Gasteiger partial charge on any atom is 0.0904 e. The Morgan fingerprint density at radius 1 is 1.12 bits per heavy atom. The van der Waals surface area contributed by atoms with Gasteiger partial charge >= 0.3 is 0 Å². The summed E-state index contributed by atoms with van der Waals surface area (Å²) in [5.74, 6) is 0. The highest BCUT2D eigenvalue weighted by atomic mass is 28.3. The van der Waals surface area contributed by atoms with E-state index in [4.69, 9.17) is 0 Å². The Morgan fingerprint density at radius 2 is 1.76 bits per heavy atom. The summed E-state index contributed by atoms with van der Waals surface area (Å²) in [6.07, 6.45) is 6.47. The molecule has 1 heteroatoms. The number of allylic oxidation sites excluding steroid dienone is 2. The Hall–Kier alpha value is -0.823. The Kier molecular flexibility index (Phi) is 3.31. The topological polar surface area (TPSA) is 0 Å². The minimum absolute atomic E-state index is 0.437. The molecule has 17 heavy (non-hydrogen) atoms. The molecule has 1 aromatic rings. The normalized spacial score (nSPS) is 25.5. The van der Waals surface area contributed by atoms with Crippen molar-refractivity contribution in [2.75, 3.05) is 0 Å². The molecule has 1 aromatic carbocycles. The van der Waals surface area contributed by atoms with E-state index in [-0.39, 0.29) is 0 Å². The van der Waals surface area contributed by atoms with Gasteiger partial charge in [0.05, 0.1) is 8.07 Å². The Bertz CT molecular complexity index is 416. The smallest absolute Gasteiger partial charge is 0.0853 e. The van der Waals surface area contributed by atoms with Crippen molar-refractivity contribution in [2.24, 2.45) is 0 Å². The third-order valence-electron chi connectivity index (χ3n) is 5.08. The zero-order valence-corrected chi connectivity index (χ0v) is 12.6. The summed E-state index contributed by atoms with van der Waals surface area (Å²) in [5.41, 5.74) is 1.63. The molecule has 0 spiro atoms. The van der Waals surface area contributed by atoms with Crippen LogP contribution in [0.1, 0.15) is 33.1 Å². The van der Waals surface area contributed by atoms with Gasteiger partial charge in [0.1, 0.15) is 0 Å². The molecule has 1 aliphatic carbocycles. The summed E-state index contributed by atoms with van der Waals surface area (Å²) in [5, 5.41) is 2.03. The Balaban J connectivity index is 2.44. The van der Waals surface area contributed by atoms with Crippen LogP contribution in [0, 0.1) is 0 Å². The number of rotatable bonds is 2. The van der Waals surface area contributed by atoms with Gasteiger partial charge in [0.25, 0.3) is 0 Å². The predicted molar refractivity (Wildman–Crippen MR) is 79.5 cm³/mol. The largest absolute Gasteiger partial charge is 0.0904 e. The molecule has 1 atom stereocenters. The monoisotopic (exact) mass is 244 g/mol. The average Bonchev–Trinajstić information content (AvgIpc) is 2.34. The van der Waals surface area contributed by atoms with Crippen molar-refractivity contribution in [3.05, 3.63) is 42.0 Å². The fourth-order valence-electron chi connectivity index (χ4n) is 3.18. The lowest BCUT2D eigenvalue weighted by atomic mass is 9.89. The van der Waals surface area contributed by atoms with Gasteiger partial charge in [-0.15, -0.1) is 0 Å². The van der Waals surface area contributed by atoms with Gasteiger partial charge in [-0.05, 0) is 31.2 Å². The van der Waals surface area contributed by atoms with Crippen molar-refractivity contribution >= 4 is 13.3 Å². The van der Waals surface area contributed by atoms with Crippen molar-refractivity contribution in [3.8, 4) is 0 Å². The number of benzene rings is 1. The first kappa shape index (κ1) is 12.6. The van der Waals surface area contributed by atoms with Crippen LogP contribution in [-0.2, 0) is 0 Å². The van der Waals surface area contributed by atoms with Crippen LogP contribution in [0.4, 0.5) is 0 Å². The van der Waals surface area contributed by atoms with Gasteiger partial charge in [0, 0.05) is 0 Å². The molecule has 0 unspecified atom stereocenters. The fraction of sp³-hybridized carbons (Fsp3) is 0.500. The SMILES string of the molecule is CC1=CCCC[C@]1(C)[Si](C)(C)c1ccccc1. The van der Waals surface area contributed by atoms with Gasteiger partial charge in [-0.25, -0.2) is 0 Å². The van der Waals surface area contributed by atoms with E-state index in [9.17, 15) is 0 Å². The van der Waals surface area contributed by atoms with Gasteiger partial charge in [-0.1, -0.05) is 67.2 Å². The molecule has 1 aliphatic rings. The summed E-state index contributed by atoms with van der Waals surface area (Å²) in [4.78, 5) is 0. The van der Waals surface area contributed by atoms with Crippen molar-refractivity contribution in [1.29, 1.82) is 0 Å². The second-order valence-corrected chi connectivity index (χ2v) is 11.0. The first-order valence-corrected chi connectivity index (χ1v) is 9.71. The van der Waals surface area contributed by atoms with E-state index in [1.54, 1.807) is 10.8 Å². The third kappa shape index (κ3) is 2.01. The molecule has 2 rings (SSSR count). The van der Waals surface area contributed by atoms with Crippen LogP contribution in [0.3, 0.4) is 0 Å². The van der Waals surface area contributed by atoms with Gasteiger partial charge in [0.2, 0.25) is 0 Å². The quantitative estimate of drug-likeness (QED) is 0.531. The third-order valence-corrected chi connectivity index (χ3v) is 10.3. The van der Waals surface area contributed by atoms with E-state index in [0.717, 1.165) is 0 Å². The van der Waals surface area contributed by atoms with E-state index in [1.807, 2.05) is 0 Å². The molecular formula is C16H24Si. The highest BCUT2D eigenvalue weighted by molar-refractivity contribution is 6.92. The van der Waals surface area contributed by atoms with Crippen LogP contribution in [-0.4, -0.2) is 8.07 Å². The number of hydrogen-bond acceptors (Lipinski definition) is 0. The summed E-state index contributed by atoms with van der Waals surface area (Å²) in [6.45, 7) is 9.91. The van der Waals surface area contributed by atoms with Crippen molar-refractivity contribution in [2.45, 2.75) is 51.2 Å². The van der Waals surface area contributed by atoms with E-state index < -0.39 is 8.07 Å². The minimum Gasteiger partial charge on any atom is -0.0853 e. The van der Waals surface area contributed by atoms with Crippen LogP contribution in [0.2, 0.25) is 18.1 Å². The summed E-state index contributed by atoms with van der Waals surface area (Å²) in [7, 11) is -1.43. The average molecular weight is 244 g/mol. The zero-order valence-electron chi connectivity index (χ0n) is 11.6. The molecule has 0 aliphatic heterocycles. The Morgan fingerprint density at radius 3 is 2.35 bits per heavy atom. The lowest BCUT2D eigenvalue weighted by molar-refractivity contribution is 0.554. The first-order valence-electron chi connectivity index (χ1n) is 6.71. The lowest BCUT2D eigenvalue weighted by Crippen LogP contribution is -2.52. The molecule has 0 saturated carbocycles. The van der Waals surface area contributed by atoms with Crippen molar-refractivity contribution < 1.29 is 0 Å². The van der Waals surface area contributed by atoms with Crippen molar-refractivity contribution in [3.63, 3.8) is 0 Å². The van der Waals surface area contributed by atoms with E-state index in [0.29, 0.717) is 5.04 Å². The molecule has 0 saturated heterocycles. The highest BCUT2D eigenvalue weighted by Gasteiger charge is 2.45. The van der Waals surface area contributed by atoms with E-state index in [2.05, 4.69) is 63.3 Å². The van der Waals surface area contributed by atoms with Gasteiger partial charge in [0.15, 0.2) is 0 Å². The summed E-state index contributed by atoms with van der Waals surface area (Å²) in [6, 6.07) is 11.2. The molecule has 0 radical (unpaired) electrons. The molecule has 0 nitrogen and oxygen atoms in total. The van der Waals surface area contributed by atoms with Gasteiger partial charge in [-0.2, -0.15) is 0 Å². The Labute approximate surface area is 107 Å². The van der Waals surface area contributed by atoms with E-state index >= 15 is 0 Å². The van der Waals surface area contributed by atoms with Gasteiger partial charge < -0.3 is 0 Å². The zero-order chi connectivity index (χ0) is 12.5. The molecule has 0 heterocycles. The second-order valence-electron chi connectivity index (χ2n) is 6.10. The summed E-state index contributed by atoms with van der Waals surface area (Å²) >= 11 is 0. The molecular weight excluding hydrogens is 220 g/mol. The van der Waals surface area contributed by atoms with Gasteiger partial charge in [-0.3, -0.25) is 0 Å². The molecule has 0 aromatic heterocycles. The molecule has 0 bridgehead atoms. The maximum absolute atomic E-state index is 2.53. The van der Waals surface area contributed by atoms with Crippen LogP contribution >= 0.6 is 0 Å². The minimum atomic E-state index is -1.43. The highest BCUT2D eigenvalue weighted by Crippen LogP contribution is 2.50. The standard InChI is InChI=1S/C16H24Si/c1-14-10-8-9-13-16(14,2)17(3,4)15-11-6-5-7-12-15/h5-7,10-12H,8-9,13H2,1-4H3/t16-/m0/s1. The van der Waals surface area contributed by atoms with Crippen LogP contribution in [0.25, 0.3) is 0 Å². The number of hydrogen-bond donors (Lipinski definition) is 0. The summed E-state index contributed by atoms with van der Waals surface area (Å²) < 4.78 is 0. The second kappa shape index (κ2) is 4.45. The molecule has 0 amide bonds. The predicted octanol–water partition coefficient (Wildman–Crippen LogP) is 4.49. The molecule has 0 N–H and O–H groups in total.